The second-order valence-corrected chi connectivity index (χ2v) is 13.1. The molecule has 1 nitrogen and oxygen atoms in total. The molecule has 214 valence electrons. The number of para-hydroxylation sites is 1. The zero-order valence-corrected chi connectivity index (χ0v) is 25.8. The van der Waals surface area contributed by atoms with Crippen molar-refractivity contribution in [1.29, 1.82) is 0 Å². The molecule has 0 radical (unpaired) electrons. The van der Waals surface area contributed by atoms with E-state index < -0.39 is 0 Å². The molecule has 8 aromatic carbocycles. The Morgan fingerprint density at radius 3 is 1.87 bits per heavy atom. The van der Waals surface area contributed by atoms with Crippen molar-refractivity contribution in [2.24, 2.45) is 0 Å². The first-order chi connectivity index (χ1) is 22.8. The standard InChI is InChI=1S/C44H27NS/c1-2-13-29(14-3-1)45-39-22-11-21-35(42(39)38-25-24-28-12-4-5-15-30(28)44(38)45)32-17-7-6-16-31(32)33-26-27-41-43-36(33)19-10-20-37(43)34-18-8-9-23-40(34)46-41/h1-27H. The maximum Gasteiger partial charge on any atom is 0.0619 e. The van der Waals surface area contributed by atoms with Gasteiger partial charge in [0.15, 0.2) is 0 Å². The maximum absolute atomic E-state index is 2.45. The minimum atomic E-state index is 1.17. The molecule has 10 rings (SSSR count). The summed E-state index contributed by atoms with van der Waals surface area (Å²) in [7, 11) is 0. The van der Waals surface area contributed by atoms with Crippen molar-refractivity contribution in [1.82, 2.24) is 4.57 Å². The Kier molecular flexibility index (Phi) is 5.58. The molecule has 0 bridgehead atoms. The number of nitrogens with zero attached hydrogens (tertiary/aromatic N) is 1. The summed E-state index contributed by atoms with van der Waals surface area (Å²) in [6, 6.07) is 60.2. The summed E-state index contributed by atoms with van der Waals surface area (Å²) in [6.45, 7) is 0. The van der Waals surface area contributed by atoms with Gasteiger partial charge in [-0.3, -0.25) is 0 Å². The van der Waals surface area contributed by atoms with Crippen LogP contribution >= 0.6 is 11.8 Å². The average Bonchev–Trinajstić information content (AvgIpc) is 3.48. The lowest BCUT2D eigenvalue weighted by atomic mass is 9.88. The van der Waals surface area contributed by atoms with Crippen molar-refractivity contribution in [2.75, 3.05) is 0 Å². The molecule has 0 atom stereocenters. The van der Waals surface area contributed by atoms with Crippen molar-refractivity contribution in [3.8, 4) is 39.1 Å². The van der Waals surface area contributed by atoms with Crippen LogP contribution in [-0.4, -0.2) is 4.57 Å². The fourth-order valence-corrected chi connectivity index (χ4v) is 8.80. The smallest absolute Gasteiger partial charge is 0.0619 e. The molecule has 2 heterocycles. The van der Waals surface area contributed by atoms with Crippen molar-refractivity contribution < 1.29 is 0 Å². The third-order valence-electron chi connectivity index (χ3n) is 9.60. The Labute approximate surface area is 271 Å². The molecule has 1 aliphatic heterocycles. The molecule has 9 aromatic rings. The van der Waals surface area contributed by atoms with E-state index in [4.69, 9.17) is 0 Å². The monoisotopic (exact) mass is 601 g/mol. The highest BCUT2D eigenvalue weighted by molar-refractivity contribution is 7.99. The minimum Gasteiger partial charge on any atom is -0.309 e. The first-order valence-corrected chi connectivity index (χ1v) is 16.6. The van der Waals surface area contributed by atoms with Crippen molar-refractivity contribution in [3.63, 3.8) is 0 Å². The van der Waals surface area contributed by atoms with E-state index in [9.17, 15) is 0 Å². The summed E-state index contributed by atoms with van der Waals surface area (Å²) in [4.78, 5) is 2.65. The topological polar surface area (TPSA) is 4.93 Å². The molecule has 0 amide bonds. The van der Waals surface area contributed by atoms with Crippen molar-refractivity contribution >= 4 is 55.1 Å². The van der Waals surface area contributed by atoms with E-state index in [2.05, 4.69) is 168 Å². The van der Waals surface area contributed by atoms with E-state index in [-0.39, 0.29) is 0 Å². The highest BCUT2D eigenvalue weighted by Gasteiger charge is 2.23. The molecule has 0 spiro atoms. The van der Waals surface area contributed by atoms with Gasteiger partial charge in [0, 0.05) is 37.0 Å². The Morgan fingerprint density at radius 1 is 0.348 bits per heavy atom. The zero-order chi connectivity index (χ0) is 30.2. The molecule has 0 saturated carbocycles. The van der Waals surface area contributed by atoms with E-state index in [1.807, 2.05) is 11.8 Å². The predicted molar refractivity (Wildman–Crippen MR) is 196 cm³/mol. The second kappa shape index (κ2) is 9.97. The number of rotatable bonds is 3. The molecular formula is C44H27NS. The molecule has 0 unspecified atom stereocenters. The van der Waals surface area contributed by atoms with Crippen LogP contribution in [0.15, 0.2) is 174 Å². The molecule has 0 N–H and O–H groups in total. The lowest BCUT2D eigenvalue weighted by molar-refractivity contribution is 1.19. The second-order valence-electron chi connectivity index (χ2n) is 12.0. The quantitative estimate of drug-likeness (QED) is 0.195. The van der Waals surface area contributed by atoms with Crippen LogP contribution in [0.2, 0.25) is 0 Å². The van der Waals surface area contributed by atoms with Crippen LogP contribution in [0.25, 0.3) is 82.4 Å². The predicted octanol–water partition coefficient (Wildman–Crippen LogP) is 12.6. The van der Waals surface area contributed by atoms with E-state index in [0.29, 0.717) is 0 Å². The van der Waals surface area contributed by atoms with Crippen LogP contribution in [0.3, 0.4) is 0 Å². The van der Waals surface area contributed by atoms with E-state index in [1.54, 1.807) is 0 Å². The van der Waals surface area contributed by atoms with Gasteiger partial charge in [-0.05, 0) is 74.5 Å². The zero-order valence-electron chi connectivity index (χ0n) is 24.9. The normalized spacial score (nSPS) is 12.3. The van der Waals surface area contributed by atoms with Crippen LogP contribution < -0.4 is 0 Å². The summed E-state index contributed by atoms with van der Waals surface area (Å²) in [6.07, 6.45) is 0. The summed E-state index contributed by atoms with van der Waals surface area (Å²) in [5.41, 5.74) is 11.3. The third-order valence-corrected chi connectivity index (χ3v) is 10.7. The van der Waals surface area contributed by atoms with Crippen LogP contribution in [-0.2, 0) is 0 Å². The van der Waals surface area contributed by atoms with Gasteiger partial charge < -0.3 is 4.57 Å². The van der Waals surface area contributed by atoms with Crippen molar-refractivity contribution in [3.05, 3.63) is 164 Å². The summed E-state index contributed by atoms with van der Waals surface area (Å²) < 4.78 is 2.45. The first-order valence-electron chi connectivity index (χ1n) is 15.8. The van der Waals surface area contributed by atoms with Crippen LogP contribution in [0, 0.1) is 0 Å². The maximum atomic E-state index is 2.45. The summed E-state index contributed by atoms with van der Waals surface area (Å²) >= 11 is 1.88. The fraction of sp³-hybridized carbons (Fsp3) is 0. The fourth-order valence-electron chi connectivity index (χ4n) is 7.67. The Balaban J connectivity index is 1.29. The summed E-state index contributed by atoms with van der Waals surface area (Å²) in [5.74, 6) is 0. The third kappa shape index (κ3) is 3.65. The Hall–Kier alpha value is -5.57. The van der Waals surface area contributed by atoms with Gasteiger partial charge >= 0.3 is 0 Å². The van der Waals surface area contributed by atoms with E-state index >= 15 is 0 Å². The Morgan fingerprint density at radius 2 is 1.00 bits per heavy atom. The number of hydrogen-bond acceptors (Lipinski definition) is 1. The van der Waals surface area contributed by atoms with E-state index in [0.717, 1.165) is 0 Å². The van der Waals surface area contributed by atoms with Gasteiger partial charge in [-0.25, -0.2) is 0 Å². The molecule has 1 aliphatic rings. The summed E-state index contributed by atoms with van der Waals surface area (Å²) in [5, 5.41) is 7.72. The number of aromatic nitrogens is 1. The molecular weight excluding hydrogens is 575 g/mol. The van der Waals surface area contributed by atoms with Gasteiger partial charge in [0.1, 0.15) is 0 Å². The molecule has 0 saturated heterocycles. The number of benzene rings is 8. The van der Waals surface area contributed by atoms with Crippen LogP contribution in [0.4, 0.5) is 0 Å². The molecule has 2 heteroatoms. The average molecular weight is 602 g/mol. The van der Waals surface area contributed by atoms with Gasteiger partial charge in [0.25, 0.3) is 0 Å². The van der Waals surface area contributed by atoms with E-state index in [1.165, 1.54) is 92.2 Å². The lowest BCUT2D eigenvalue weighted by Gasteiger charge is -2.22. The molecule has 46 heavy (non-hydrogen) atoms. The van der Waals surface area contributed by atoms with Crippen LogP contribution in [0.5, 0.6) is 0 Å². The van der Waals surface area contributed by atoms with Gasteiger partial charge in [-0.15, -0.1) is 0 Å². The largest absolute Gasteiger partial charge is 0.309 e. The molecule has 0 aliphatic carbocycles. The number of hydrogen-bond donors (Lipinski definition) is 0. The lowest BCUT2D eigenvalue weighted by Crippen LogP contribution is -1.95. The molecule has 1 aromatic heterocycles. The highest BCUT2D eigenvalue weighted by Crippen LogP contribution is 2.51. The number of fused-ring (bicyclic) bond motifs is 7. The van der Waals surface area contributed by atoms with Crippen LogP contribution in [0.1, 0.15) is 0 Å². The van der Waals surface area contributed by atoms with Gasteiger partial charge in [0.05, 0.1) is 11.0 Å². The minimum absolute atomic E-state index is 1.17. The van der Waals surface area contributed by atoms with Gasteiger partial charge in [-0.2, -0.15) is 0 Å². The Bertz CT molecular complexity index is 2660. The SMILES string of the molecule is c1ccc(-n2c3cccc(-c4ccccc4-c4ccc5c6c(cccc46)-c4ccccc4S5)c3c3ccc4ccccc4c32)cc1. The van der Waals surface area contributed by atoms with Gasteiger partial charge in [-0.1, -0.05) is 145 Å². The highest BCUT2D eigenvalue weighted by atomic mass is 32.2. The first kappa shape index (κ1) is 25.7. The molecule has 0 fully saturated rings. The van der Waals surface area contributed by atoms with Gasteiger partial charge in [0.2, 0.25) is 0 Å². The van der Waals surface area contributed by atoms with Crippen molar-refractivity contribution in [2.45, 2.75) is 9.79 Å².